The monoisotopic (exact) mass is 511 g/mol. The highest BCUT2D eigenvalue weighted by Gasteiger charge is 2.63. The Hall–Kier alpha value is -3.38. The molecule has 0 aromatic heterocycles. The third-order valence-corrected chi connectivity index (χ3v) is 7.24. The fourth-order valence-electron chi connectivity index (χ4n) is 4.12. The van der Waals surface area contributed by atoms with Crippen LogP contribution in [0.5, 0.6) is 0 Å². The number of rotatable bonds is 7. The van der Waals surface area contributed by atoms with E-state index in [4.69, 9.17) is 8.92 Å². The van der Waals surface area contributed by atoms with Gasteiger partial charge in [0.05, 0.1) is 12.0 Å². The number of aryl methyl sites for hydroxylation is 1. The topological polar surface area (TPSA) is 110 Å². The van der Waals surface area contributed by atoms with Gasteiger partial charge in [0.2, 0.25) is 5.91 Å². The number of hydrogen-bond acceptors (Lipinski definition) is 7. The standard InChI is InChI=1S/C23H20F3NO7S/c1-13-7-5-6-10-17(13)35(31,32)34-16-11-15-18(20(28)23(24,25)26)21(29)27(15)19(16)22(30)33-12-14-8-3-2-4-9-14/h2-10,15,18,20,28H,11-12H2,1H3. The minimum atomic E-state index is -5.09. The molecule has 4 rings (SSSR count). The van der Waals surface area contributed by atoms with Crippen LogP contribution >= 0.6 is 0 Å². The number of fused-ring (bicyclic) bond motifs is 1. The van der Waals surface area contributed by atoms with E-state index in [0.717, 1.165) is 0 Å². The summed E-state index contributed by atoms with van der Waals surface area (Å²) in [5.41, 5.74) is 0.328. The van der Waals surface area contributed by atoms with Crippen LogP contribution in [0.3, 0.4) is 0 Å². The van der Waals surface area contributed by atoms with Crippen molar-refractivity contribution in [2.75, 3.05) is 0 Å². The number of carbonyl (C=O) groups excluding carboxylic acids is 2. The van der Waals surface area contributed by atoms with Gasteiger partial charge in [-0.15, -0.1) is 0 Å². The summed E-state index contributed by atoms with van der Waals surface area (Å²) in [6.45, 7) is 1.28. The highest BCUT2D eigenvalue weighted by Crippen LogP contribution is 2.47. The molecule has 186 valence electrons. The molecule has 2 aromatic rings. The molecule has 0 radical (unpaired) electrons. The van der Waals surface area contributed by atoms with E-state index < -0.39 is 64.1 Å². The van der Waals surface area contributed by atoms with Crippen LogP contribution in [0.25, 0.3) is 0 Å². The van der Waals surface area contributed by atoms with Crippen LogP contribution < -0.4 is 0 Å². The average Bonchev–Trinajstić information content (AvgIpc) is 3.11. The molecule has 0 aliphatic carbocycles. The first-order valence-electron chi connectivity index (χ1n) is 10.4. The van der Waals surface area contributed by atoms with Gasteiger partial charge >= 0.3 is 22.3 Å². The molecule has 35 heavy (non-hydrogen) atoms. The van der Waals surface area contributed by atoms with Crippen LogP contribution in [0, 0.1) is 12.8 Å². The number of amides is 1. The largest absolute Gasteiger partial charge is 0.456 e. The molecule has 12 heteroatoms. The molecule has 2 aliphatic heterocycles. The SMILES string of the molecule is Cc1ccccc1S(=O)(=O)OC1=C(C(=O)OCc2ccccc2)N2C(=O)C(C(O)C(F)(F)F)C2C1. The Kier molecular flexibility index (Phi) is 6.36. The lowest BCUT2D eigenvalue weighted by Crippen LogP contribution is -2.64. The van der Waals surface area contributed by atoms with Crippen LogP contribution in [0.1, 0.15) is 17.5 Å². The summed E-state index contributed by atoms with van der Waals surface area (Å²) in [5, 5.41) is 9.67. The van der Waals surface area contributed by atoms with Gasteiger partial charge in [-0.25, -0.2) is 4.79 Å². The van der Waals surface area contributed by atoms with Gasteiger partial charge in [0.1, 0.15) is 11.5 Å². The Labute approximate surface area is 198 Å². The molecular formula is C23H20F3NO7S. The van der Waals surface area contributed by atoms with Crippen LogP contribution in [0.4, 0.5) is 13.2 Å². The Morgan fingerprint density at radius 1 is 1.14 bits per heavy atom. The Morgan fingerprint density at radius 2 is 1.77 bits per heavy atom. The van der Waals surface area contributed by atoms with Gasteiger partial charge in [-0.2, -0.15) is 21.6 Å². The molecular weight excluding hydrogens is 491 g/mol. The van der Waals surface area contributed by atoms with E-state index in [1.807, 2.05) is 0 Å². The summed E-state index contributed by atoms with van der Waals surface area (Å²) in [6.07, 6.45) is -8.59. The van der Waals surface area contributed by atoms with E-state index in [2.05, 4.69) is 0 Å². The molecule has 0 bridgehead atoms. The number of β-lactam (4-membered cyclic amide) rings is 1. The molecule has 2 aromatic carbocycles. The number of benzene rings is 2. The summed E-state index contributed by atoms with van der Waals surface area (Å²) in [6, 6.07) is 13.0. The van der Waals surface area contributed by atoms with E-state index in [9.17, 15) is 36.3 Å². The highest BCUT2D eigenvalue weighted by molar-refractivity contribution is 7.87. The van der Waals surface area contributed by atoms with Gasteiger partial charge in [-0.05, 0) is 24.1 Å². The third-order valence-electron chi connectivity index (χ3n) is 5.82. The number of esters is 1. The van der Waals surface area contributed by atoms with Gasteiger partial charge in [0.25, 0.3) is 0 Å². The normalized spacial score (nSPS) is 20.8. The van der Waals surface area contributed by atoms with E-state index in [1.54, 1.807) is 36.4 Å². The molecule has 1 N–H and O–H groups in total. The third kappa shape index (κ3) is 4.63. The molecule has 1 amide bonds. The van der Waals surface area contributed by atoms with Gasteiger partial charge < -0.3 is 14.0 Å². The average molecular weight is 511 g/mol. The smallest absolute Gasteiger partial charge is 0.415 e. The van der Waals surface area contributed by atoms with Gasteiger partial charge in [-0.3, -0.25) is 9.69 Å². The van der Waals surface area contributed by atoms with Crippen LogP contribution in [-0.2, 0) is 35.2 Å². The molecule has 3 unspecified atom stereocenters. The fourth-order valence-corrected chi connectivity index (χ4v) is 5.33. The van der Waals surface area contributed by atoms with Crippen LogP contribution in [0.15, 0.2) is 70.9 Å². The second-order valence-electron chi connectivity index (χ2n) is 8.13. The maximum absolute atomic E-state index is 13.1. The lowest BCUT2D eigenvalue weighted by Gasteiger charge is -2.45. The molecule has 2 aliphatic rings. The number of aliphatic hydroxyl groups excluding tert-OH is 1. The van der Waals surface area contributed by atoms with Gasteiger partial charge in [-0.1, -0.05) is 48.5 Å². The van der Waals surface area contributed by atoms with Crippen molar-refractivity contribution < 1.29 is 45.2 Å². The Morgan fingerprint density at radius 3 is 2.40 bits per heavy atom. The van der Waals surface area contributed by atoms with E-state index >= 15 is 0 Å². The summed E-state index contributed by atoms with van der Waals surface area (Å²) >= 11 is 0. The fraction of sp³-hybridized carbons (Fsp3) is 0.304. The highest BCUT2D eigenvalue weighted by atomic mass is 32.2. The van der Waals surface area contributed by atoms with Crippen LogP contribution in [0.2, 0.25) is 0 Å². The number of aliphatic hydroxyl groups is 1. The zero-order valence-electron chi connectivity index (χ0n) is 18.2. The molecule has 2 heterocycles. The van der Waals surface area contributed by atoms with Crippen molar-refractivity contribution >= 4 is 22.0 Å². The lowest BCUT2D eigenvalue weighted by molar-refractivity contribution is -0.236. The van der Waals surface area contributed by atoms with E-state index in [1.165, 1.54) is 25.1 Å². The second-order valence-corrected chi connectivity index (χ2v) is 9.64. The molecule has 1 saturated heterocycles. The number of ether oxygens (including phenoxy) is 1. The van der Waals surface area contributed by atoms with Crippen molar-refractivity contribution in [2.24, 2.45) is 5.92 Å². The van der Waals surface area contributed by atoms with Crippen molar-refractivity contribution in [3.63, 3.8) is 0 Å². The zero-order chi connectivity index (χ0) is 25.5. The summed E-state index contributed by atoms with van der Waals surface area (Å²) < 4.78 is 75.5. The predicted octanol–water partition coefficient (Wildman–Crippen LogP) is 2.81. The number of nitrogens with zero attached hydrogens (tertiary/aromatic N) is 1. The van der Waals surface area contributed by atoms with Gasteiger partial charge in [0.15, 0.2) is 17.6 Å². The van der Waals surface area contributed by atoms with E-state index in [-0.39, 0.29) is 11.5 Å². The predicted molar refractivity (Wildman–Crippen MR) is 114 cm³/mol. The molecule has 8 nitrogen and oxygen atoms in total. The van der Waals surface area contributed by atoms with Crippen molar-refractivity contribution in [2.45, 2.75) is 43.2 Å². The number of hydrogen-bond donors (Lipinski definition) is 1. The summed E-state index contributed by atoms with van der Waals surface area (Å²) in [4.78, 5) is 26.0. The number of alkyl halides is 3. The number of carbonyl (C=O) groups is 2. The van der Waals surface area contributed by atoms with Gasteiger partial charge in [0, 0.05) is 6.42 Å². The molecule has 1 fully saturated rings. The minimum absolute atomic E-state index is 0.211. The minimum Gasteiger partial charge on any atom is -0.456 e. The molecule has 3 atom stereocenters. The summed E-state index contributed by atoms with van der Waals surface area (Å²) in [5.74, 6) is -4.76. The van der Waals surface area contributed by atoms with Crippen molar-refractivity contribution in [1.82, 2.24) is 4.90 Å². The lowest BCUT2D eigenvalue weighted by atomic mass is 9.82. The summed E-state index contributed by atoms with van der Waals surface area (Å²) in [7, 11) is -4.50. The Bertz CT molecular complexity index is 1290. The quantitative estimate of drug-likeness (QED) is 0.346. The first kappa shape index (κ1) is 24.7. The first-order valence-corrected chi connectivity index (χ1v) is 11.8. The van der Waals surface area contributed by atoms with Crippen molar-refractivity contribution in [1.29, 1.82) is 0 Å². The first-order chi connectivity index (χ1) is 16.4. The second kappa shape index (κ2) is 9.00. The number of halogens is 3. The maximum Gasteiger partial charge on any atom is 0.415 e. The maximum atomic E-state index is 13.1. The van der Waals surface area contributed by atoms with Crippen molar-refractivity contribution in [3.8, 4) is 0 Å². The van der Waals surface area contributed by atoms with E-state index in [0.29, 0.717) is 16.0 Å². The molecule has 0 saturated carbocycles. The Balaban J connectivity index is 1.66. The zero-order valence-corrected chi connectivity index (χ0v) is 19.0. The van der Waals surface area contributed by atoms with Crippen LogP contribution in [-0.4, -0.2) is 48.6 Å². The molecule has 0 spiro atoms. The van der Waals surface area contributed by atoms with Crippen molar-refractivity contribution in [3.05, 3.63) is 77.2 Å².